The maximum Gasteiger partial charge on any atom is 0.225 e. The third kappa shape index (κ3) is 3.48. The number of anilines is 2. The van der Waals surface area contributed by atoms with Gasteiger partial charge in [0.1, 0.15) is 10.6 Å². The van der Waals surface area contributed by atoms with Crippen LogP contribution in [0.4, 0.5) is 11.5 Å². The molecule has 2 aromatic heterocycles. The number of nitrogens with zero attached hydrogens (tertiary/aromatic N) is 2. The van der Waals surface area contributed by atoms with Crippen molar-refractivity contribution in [2.24, 2.45) is 0 Å². The lowest BCUT2D eigenvalue weighted by molar-refractivity contribution is 0.288. The molecular weight excluding hydrogens is 334 g/mol. The number of halogens is 1. The number of rotatable bonds is 6. The van der Waals surface area contributed by atoms with Crippen LogP contribution < -0.4 is 14.8 Å². The first kappa shape index (κ1) is 15.8. The van der Waals surface area contributed by atoms with E-state index in [4.69, 9.17) is 21.1 Å². The monoisotopic (exact) mass is 349 g/mol. The molecule has 1 N–H and O–H groups in total. The predicted molar refractivity (Wildman–Crippen MR) is 94.5 cm³/mol. The highest BCUT2D eigenvalue weighted by Gasteiger charge is 2.10. The van der Waals surface area contributed by atoms with Gasteiger partial charge in [0.15, 0.2) is 11.5 Å². The van der Waals surface area contributed by atoms with Crippen LogP contribution >= 0.6 is 22.9 Å². The van der Waals surface area contributed by atoms with Crippen LogP contribution in [-0.2, 0) is 0 Å². The maximum absolute atomic E-state index is 5.99. The molecular formula is C16H16ClN3O2S. The van der Waals surface area contributed by atoms with Crippen molar-refractivity contribution in [3.63, 3.8) is 0 Å². The van der Waals surface area contributed by atoms with Crippen molar-refractivity contribution >= 4 is 44.7 Å². The van der Waals surface area contributed by atoms with E-state index in [0.29, 0.717) is 24.8 Å². The predicted octanol–water partition coefficient (Wildman–Crippen LogP) is 4.89. The third-order valence-electron chi connectivity index (χ3n) is 3.10. The van der Waals surface area contributed by atoms with Crippen LogP contribution in [0.5, 0.6) is 11.5 Å². The van der Waals surface area contributed by atoms with Gasteiger partial charge in [0.2, 0.25) is 5.28 Å². The summed E-state index contributed by atoms with van der Waals surface area (Å²) < 4.78 is 11.2. The van der Waals surface area contributed by atoms with Crippen molar-refractivity contribution in [3.05, 3.63) is 34.9 Å². The van der Waals surface area contributed by atoms with Crippen molar-refractivity contribution < 1.29 is 9.47 Å². The zero-order valence-corrected chi connectivity index (χ0v) is 14.4. The van der Waals surface area contributed by atoms with E-state index in [1.54, 1.807) is 0 Å². The molecule has 3 rings (SSSR count). The fraction of sp³-hybridized carbons (Fsp3) is 0.250. The van der Waals surface area contributed by atoms with Gasteiger partial charge < -0.3 is 14.8 Å². The summed E-state index contributed by atoms with van der Waals surface area (Å²) in [5.74, 6) is 2.09. The summed E-state index contributed by atoms with van der Waals surface area (Å²) in [6, 6.07) is 7.66. The molecule has 0 atom stereocenters. The second-order valence-corrected chi connectivity index (χ2v) is 5.87. The van der Waals surface area contributed by atoms with Crippen LogP contribution in [0, 0.1) is 0 Å². The van der Waals surface area contributed by atoms with E-state index in [0.717, 1.165) is 21.7 Å². The summed E-state index contributed by atoms with van der Waals surface area (Å²) in [5.41, 5.74) is 0.846. The molecule has 1 aromatic carbocycles. The van der Waals surface area contributed by atoms with Crippen LogP contribution in [0.2, 0.25) is 5.28 Å². The number of aromatic nitrogens is 2. The SMILES string of the molecule is CCOc1ccc(Nc2nc(Cl)nc3sccc23)cc1OCC. The maximum atomic E-state index is 5.99. The Balaban J connectivity index is 1.95. The minimum absolute atomic E-state index is 0.221. The lowest BCUT2D eigenvalue weighted by atomic mass is 10.2. The molecule has 0 aliphatic rings. The standard InChI is InChI=1S/C16H16ClN3O2S/c1-3-21-12-6-5-10(9-13(12)22-4-2)18-14-11-7-8-23-15(11)20-16(17)19-14/h5-9H,3-4H2,1-2H3,(H,18,19,20). The van der Waals surface area contributed by atoms with Crippen LogP contribution in [0.25, 0.3) is 10.2 Å². The van der Waals surface area contributed by atoms with E-state index in [-0.39, 0.29) is 5.28 Å². The van der Waals surface area contributed by atoms with Gasteiger partial charge in [-0.2, -0.15) is 4.98 Å². The summed E-state index contributed by atoms with van der Waals surface area (Å²) in [6.07, 6.45) is 0. The number of hydrogen-bond donors (Lipinski definition) is 1. The van der Waals surface area contributed by atoms with E-state index in [9.17, 15) is 0 Å². The average molecular weight is 350 g/mol. The highest BCUT2D eigenvalue weighted by molar-refractivity contribution is 7.16. The zero-order chi connectivity index (χ0) is 16.2. The number of nitrogens with one attached hydrogen (secondary N) is 1. The van der Waals surface area contributed by atoms with Gasteiger partial charge in [0.25, 0.3) is 0 Å². The Morgan fingerprint density at radius 1 is 1.09 bits per heavy atom. The largest absolute Gasteiger partial charge is 0.490 e. The van der Waals surface area contributed by atoms with E-state index in [2.05, 4.69) is 15.3 Å². The molecule has 0 amide bonds. The Morgan fingerprint density at radius 3 is 2.65 bits per heavy atom. The van der Waals surface area contributed by atoms with Gasteiger partial charge in [-0.1, -0.05) is 0 Å². The van der Waals surface area contributed by atoms with Crippen LogP contribution in [0.1, 0.15) is 13.8 Å². The molecule has 2 heterocycles. The quantitative estimate of drug-likeness (QED) is 0.642. The van der Waals surface area contributed by atoms with Crippen molar-refractivity contribution in [2.45, 2.75) is 13.8 Å². The zero-order valence-electron chi connectivity index (χ0n) is 12.8. The first-order valence-electron chi connectivity index (χ1n) is 7.28. The number of ether oxygens (including phenoxy) is 2. The second kappa shape index (κ2) is 7.02. The molecule has 0 saturated heterocycles. The van der Waals surface area contributed by atoms with Gasteiger partial charge in [0.05, 0.1) is 18.6 Å². The molecule has 120 valence electrons. The fourth-order valence-electron chi connectivity index (χ4n) is 2.19. The van der Waals surface area contributed by atoms with E-state index < -0.39 is 0 Å². The third-order valence-corrected chi connectivity index (χ3v) is 4.08. The number of fused-ring (bicyclic) bond motifs is 1. The van der Waals surface area contributed by atoms with Crippen molar-refractivity contribution in [1.82, 2.24) is 9.97 Å². The molecule has 0 fully saturated rings. The number of thiophene rings is 1. The van der Waals surface area contributed by atoms with Gasteiger partial charge in [-0.25, -0.2) is 4.98 Å². The lowest BCUT2D eigenvalue weighted by Crippen LogP contribution is -2.00. The van der Waals surface area contributed by atoms with Gasteiger partial charge in [-0.05, 0) is 49.0 Å². The topological polar surface area (TPSA) is 56.3 Å². The van der Waals surface area contributed by atoms with Crippen LogP contribution in [-0.4, -0.2) is 23.2 Å². The molecule has 7 heteroatoms. The summed E-state index contributed by atoms with van der Waals surface area (Å²) in [7, 11) is 0. The molecule has 0 saturated carbocycles. The Labute approximate surface area is 143 Å². The second-order valence-electron chi connectivity index (χ2n) is 4.63. The Kier molecular flexibility index (Phi) is 4.83. The van der Waals surface area contributed by atoms with E-state index in [1.165, 1.54) is 11.3 Å². The highest BCUT2D eigenvalue weighted by Crippen LogP contribution is 2.33. The minimum atomic E-state index is 0.221. The minimum Gasteiger partial charge on any atom is -0.490 e. The smallest absolute Gasteiger partial charge is 0.225 e. The van der Waals surface area contributed by atoms with Crippen molar-refractivity contribution in [3.8, 4) is 11.5 Å². The van der Waals surface area contributed by atoms with E-state index >= 15 is 0 Å². The number of hydrogen-bond acceptors (Lipinski definition) is 6. The summed E-state index contributed by atoms with van der Waals surface area (Å²) in [4.78, 5) is 9.34. The summed E-state index contributed by atoms with van der Waals surface area (Å²) >= 11 is 7.52. The van der Waals surface area contributed by atoms with Gasteiger partial charge >= 0.3 is 0 Å². The van der Waals surface area contributed by atoms with Crippen molar-refractivity contribution in [2.75, 3.05) is 18.5 Å². The first-order valence-corrected chi connectivity index (χ1v) is 8.54. The number of benzene rings is 1. The Morgan fingerprint density at radius 2 is 1.87 bits per heavy atom. The molecule has 23 heavy (non-hydrogen) atoms. The average Bonchev–Trinajstić information content (AvgIpc) is 2.98. The van der Waals surface area contributed by atoms with Gasteiger partial charge in [0, 0.05) is 11.8 Å². The molecule has 5 nitrogen and oxygen atoms in total. The molecule has 3 aromatic rings. The molecule has 0 bridgehead atoms. The summed E-state index contributed by atoms with van der Waals surface area (Å²) in [6.45, 7) is 5.04. The highest BCUT2D eigenvalue weighted by atomic mass is 35.5. The Bertz CT molecular complexity index is 822. The van der Waals surface area contributed by atoms with Gasteiger partial charge in [-0.3, -0.25) is 0 Å². The van der Waals surface area contributed by atoms with Gasteiger partial charge in [-0.15, -0.1) is 11.3 Å². The fourth-order valence-corrected chi connectivity index (χ4v) is 3.17. The molecule has 0 aliphatic carbocycles. The normalized spacial score (nSPS) is 10.7. The molecule has 0 unspecified atom stereocenters. The van der Waals surface area contributed by atoms with Crippen molar-refractivity contribution in [1.29, 1.82) is 0 Å². The lowest BCUT2D eigenvalue weighted by Gasteiger charge is -2.13. The molecule has 0 aliphatic heterocycles. The first-order chi connectivity index (χ1) is 11.2. The molecule has 0 spiro atoms. The van der Waals surface area contributed by atoms with Crippen LogP contribution in [0.15, 0.2) is 29.6 Å². The van der Waals surface area contributed by atoms with Crippen LogP contribution in [0.3, 0.4) is 0 Å². The summed E-state index contributed by atoms with van der Waals surface area (Å²) in [5, 5.41) is 6.40. The Hall–Kier alpha value is -2.05. The van der Waals surface area contributed by atoms with E-state index in [1.807, 2.05) is 43.5 Å². The molecule has 0 radical (unpaired) electrons.